The molecule has 0 unspecified atom stereocenters. The van der Waals surface area contributed by atoms with E-state index in [4.69, 9.17) is 0 Å². The molecule has 2 aromatic rings. The molecule has 0 saturated carbocycles. The van der Waals surface area contributed by atoms with E-state index in [1.54, 1.807) is 0 Å². The van der Waals surface area contributed by atoms with Crippen LogP contribution < -0.4 is 0 Å². The quantitative estimate of drug-likeness (QED) is 0.600. The van der Waals surface area contributed by atoms with E-state index in [1.165, 1.54) is 0 Å². The van der Waals surface area contributed by atoms with Crippen LogP contribution >= 0.6 is 0 Å². The highest BCUT2D eigenvalue weighted by Gasteiger charge is 2.07. The molecule has 0 fully saturated rings. The lowest BCUT2D eigenvalue weighted by Crippen LogP contribution is -1.90. The Morgan fingerprint density at radius 2 is 1.29 bits per heavy atom. The minimum Gasteiger partial charge on any atom is -0.507 e. The third-order valence-electron chi connectivity index (χ3n) is 2.81. The predicted molar refractivity (Wildman–Crippen MR) is 72.6 cm³/mol. The first-order valence-corrected chi connectivity index (χ1v) is 5.86. The fourth-order valence-electron chi connectivity index (χ4n) is 1.92. The van der Waals surface area contributed by atoms with Gasteiger partial charge in [0.2, 0.25) is 0 Å². The number of allylic oxidation sites excluding steroid dienone is 1. The molecule has 2 aromatic carbocycles. The highest BCUT2D eigenvalue weighted by Crippen LogP contribution is 2.26. The Bertz CT molecular complexity index is 498. The minimum absolute atomic E-state index is 0.374. The van der Waals surface area contributed by atoms with Gasteiger partial charge in [-0.2, -0.15) is 0 Å². The van der Waals surface area contributed by atoms with Crippen molar-refractivity contribution in [3.8, 4) is 0 Å². The second-order valence-electron chi connectivity index (χ2n) is 3.91. The maximum atomic E-state index is 10.3. The Morgan fingerprint density at radius 3 is 1.76 bits per heavy atom. The molecule has 1 heteroatoms. The van der Waals surface area contributed by atoms with Crippen LogP contribution in [0, 0.1) is 0 Å². The smallest absolute Gasteiger partial charge is 0.126 e. The first-order chi connectivity index (χ1) is 8.33. The van der Waals surface area contributed by atoms with Crippen LogP contribution in [0.1, 0.15) is 24.5 Å². The van der Waals surface area contributed by atoms with Crippen molar-refractivity contribution < 1.29 is 5.11 Å². The molecule has 17 heavy (non-hydrogen) atoms. The van der Waals surface area contributed by atoms with Gasteiger partial charge in [0, 0.05) is 11.1 Å². The fourth-order valence-corrected chi connectivity index (χ4v) is 1.92. The van der Waals surface area contributed by atoms with Gasteiger partial charge >= 0.3 is 0 Å². The van der Waals surface area contributed by atoms with Crippen molar-refractivity contribution in [1.29, 1.82) is 0 Å². The standard InChI is InChI=1S/C16H16O/c1-2-15(13-9-5-3-6-10-13)16(17)14-11-7-4-8-12-14/h3-12,17H,2H2,1H3. The summed E-state index contributed by atoms with van der Waals surface area (Å²) in [6.07, 6.45) is 0.810. The molecule has 0 amide bonds. The monoisotopic (exact) mass is 224 g/mol. The molecule has 1 nitrogen and oxygen atoms in total. The van der Waals surface area contributed by atoms with Crippen molar-refractivity contribution in [2.75, 3.05) is 0 Å². The summed E-state index contributed by atoms with van der Waals surface area (Å²) >= 11 is 0. The Hall–Kier alpha value is -2.02. The fraction of sp³-hybridized carbons (Fsp3) is 0.125. The van der Waals surface area contributed by atoms with Crippen LogP contribution in [0.5, 0.6) is 0 Å². The van der Waals surface area contributed by atoms with Gasteiger partial charge in [0.05, 0.1) is 0 Å². The molecule has 0 atom stereocenters. The van der Waals surface area contributed by atoms with Crippen molar-refractivity contribution in [2.24, 2.45) is 0 Å². The minimum atomic E-state index is 0.374. The second-order valence-corrected chi connectivity index (χ2v) is 3.91. The first kappa shape index (κ1) is 11.5. The first-order valence-electron chi connectivity index (χ1n) is 5.86. The van der Waals surface area contributed by atoms with Crippen LogP contribution in [-0.4, -0.2) is 5.11 Å². The molecule has 0 saturated heterocycles. The lowest BCUT2D eigenvalue weighted by Gasteiger charge is -2.09. The van der Waals surface area contributed by atoms with Crippen molar-refractivity contribution in [1.82, 2.24) is 0 Å². The lowest BCUT2D eigenvalue weighted by molar-refractivity contribution is 0.512. The van der Waals surface area contributed by atoms with Crippen LogP contribution in [0.2, 0.25) is 0 Å². The molecule has 0 aliphatic carbocycles. The van der Waals surface area contributed by atoms with Crippen molar-refractivity contribution in [3.05, 3.63) is 71.8 Å². The van der Waals surface area contributed by atoms with E-state index in [1.807, 2.05) is 60.7 Å². The Kier molecular flexibility index (Phi) is 3.61. The van der Waals surface area contributed by atoms with Gasteiger partial charge in [-0.05, 0) is 12.0 Å². The zero-order valence-corrected chi connectivity index (χ0v) is 9.93. The average Bonchev–Trinajstić information content (AvgIpc) is 2.42. The summed E-state index contributed by atoms with van der Waals surface area (Å²) < 4.78 is 0. The van der Waals surface area contributed by atoms with Crippen molar-refractivity contribution >= 4 is 11.3 Å². The Labute approximate surface area is 102 Å². The van der Waals surface area contributed by atoms with Crippen LogP contribution in [0.15, 0.2) is 60.7 Å². The van der Waals surface area contributed by atoms with Crippen molar-refractivity contribution in [2.45, 2.75) is 13.3 Å². The second kappa shape index (κ2) is 5.35. The van der Waals surface area contributed by atoms with Gasteiger partial charge < -0.3 is 5.11 Å². The number of aliphatic hydroxyl groups is 1. The molecule has 0 heterocycles. The summed E-state index contributed by atoms with van der Waals surface area (Å²) in [6.45, 7) is 2.06. The normalized spacial score (nSPS) is 12.1. The number of hydrogen-bond donors (Lipinski definition) is 1. The molecular formula is C16H16O. The van der Waals surface area contributed by atoms with Gasteiger partial charge in [0.25, 0.3) is 0 Å². The lowest BCUT2D eigenvalue weighted by atomic mass is 9.99. The SMILES string of the molecule is CCC(=C(O)c1ccccc1)c1ccccc1. The largest absolute Gasteiger partial charge is 0.507 e. The highest BCUT2D eigenvalue weighted by atomic mass is 16.3. The number of benzene rings is 2. The third-order valence-corrected chi connectivity index (χ3v) is 2.81. The van der Waals surface area contributed by atoms with Crippen LogP contribution in [-0.2, 0) is 0 Å². The average molecular weight is 224 g/mol. The van der Waals surface area contributed by atoms with E-state index >= 15 is 0 Å². The molecule has 0 aromatic heterocycles. The molecule has 0 radical (unpaired) electrons. The number of aliphatic hydroxyl groups excluding tert-OH is 1. The van der Waals surface area contributed by atoms with E-state index in [0.29, 0.717) is 5.76 Å². The van der Waals surface area contributed by atoms with Gasteiger partial charge in [0.15, 0.2) is 0 Å². The molecule has 0 spiro atoms. The van der Waals surface area contributed by atoms with Crippen molar-refractivity contribution in [3.63, 3.8) is 0 Å². The van der Waals surface area contributed by atoms with Gasteiger partial charge in [0.1, 0.15) is 5.76 Å². The molecular weight excluding hydrogens is 208 g/mol. The molecule has 1 N–H and O–H groups in total. The van der Waals surface area contributed by atoms with E-state index in [-0.39, 0.29) is 0 Å². The van der Waals surface area contributed by atoms with E-state index < -0.39 is 0 Å². The maximum Gasteiger partial charge on any atom is 0.126 e. The van der Waals surface area contributed by atoms with Gasteiger partial charge in [-0.1, -0.05) is 67.6 Å². The number of hydrogen-bond acceptors (Lipinski definition) is 1. The zero-order valence-electron chi connectivity index (χ0n) is 9.93. The van der Waals surface area contributed by atoms with E-state index in [9.17, 15) is 5.11 Å². The highest BCUT2D eigenvalue weighted by molar-refractivity contribution is 5.86. The third kappa shape index (κ3) is 2.56. The molecule has 86 valence electrons. The Balaban J connectivity index is 2.48. The summed E-state index contributed by atoms with van der Waals surface area (Å²) in [7, 11) is 0. The summed E-state index contributed by atoms with van der Waals surface area (Å²) in [4.78, 5) is 0. The summed E-state index contributed by atoms with van der Waals surface area (Å²) in [5.41, 5.74) is 2.93. The molecule has 0 bridgehead atoms. The molecule has 0 aliphatic rings. The van der Waals surface area contributed by atoms with Gasteiger partial charge in [-0.25, -0.2) is 0 Å². The van der Waals surface area contributed by atoms with Crippen LogP contribution in [0.3, 0.4) is 0 Å². The van der Waals surface area contributed by atoms with Crippen LogP contribution in [0.4, 0.5) is 0 Å². The molecule has 0 aliphatic heterocycles. The summed E-state index contributed by atoms with van der Waals surface area (Å²) in [5.74, 6) is 0.374. The summed E-state index contributed by atoms with van der Waals surface area (Å²) in [5, 5.41) is 10.3. The molecule has 2 rings (SSSR count). The topological polar surface area (TPSA) is 20.2 Å². The summed E-state index contributed by atoms with van der Waals surface area (Å²) in [6, 6.07) is 19.7. The Morgan fingerprint density at radius 1 is 0.824 bits per heavy atom. The van der Waals surface area contributed by atoms with Gasteiger partial charge in [-0.15, -0.1) is 0 Å². The maximum absolute atomic E-state index is 10.3. The predicted octanol–water partition coefficient (Wildman–Crippen LogP) is 4.52. The van der Waals surface area contributed by atoms with E-state index in [2.05, 4.69) is 6.92 Å². The zero-order chi connectivity index (χ0) is 12.1. The van der Waals surface area contributed by atoms with Crippen LogP contribution in [0.25, 0.3) is 11.3 Å². The van der Waals surface area contributed by atoms with E-state index in [0.717, 1.165) is 23.1 Å². The number of rotatable bonds is 3. The van der Waals surface area contributed by atoms with Gasteiger partial charge in [-0.3, -0.25) is 0 Å².